The van der Waals surface area contributed by atoms with Crippen molar-refractivity contribution in [3.05, 3.63) is 92.7 Å². The Balaban J connectivity index is 1.87. The molecule has 0 bridgehead atoms. The molecule has 3 rings (SSSR count). The van der Waals surface area contributed by atoms with E-state index in [0.717, 1.165) is 38.2 Å². The van der Waals surface area contributed by atoms with Gasteiger partial charge in [0.2, 0.25) is 0 Å². The molecular weight excluding hydrogens is 426 g/mol. The highest BCUT2D eigenvalue weighted by Crippen LogP contribution is 2.26. The molecule has 0 atom stereocenters. The number of nitriles is 1. The molecule has 29 heavy (non-hydrogen) atoms. The van der Waals surface area contributed by atoms with Crippen LogP contribution >= 0.6 is 15.9 Å². The van der Waals surface area contributed by atoms with Crippen LogP contribution in [-0.2, 0) is 11.3 Å². The zero-order valence-electron chi connectivity index (χ0n) is 16.7. The van der Waals surface area contributed by atoms with E-state index in [2.05, 4.69) is 31.9 Å². The van der Waals surface area contributed by atoms with Gasteiger partial charge in [0.1, 0.15) is 11.6 Å². The Morgan fingerprint density at radius 3 is 2.52 bits per heavy atom. The molecule has 3 aromatic rings. The number of aryl methyl sites for hydroxylation is 2. The summed E-state index contributed by atoms with van der Waals surface area (Å²) in [5, 5.41) is 12.3. The van der Waals surface area contributed by atoms with Crippen molar-refractivity contribution in [1.82, 2.24) is 9.88 Å². The van der Waals surface area contributed by atoms with E-state index in [1.165, 1.54) is 0 Å². The second-order valence-electron chi connectivity index (χ2n) is 6.93. The molecule has 0 spiro atoms. The largest absolute Gasteiger partial charge is 0.347 e. The summed E-state index contributed by atoms with van der Waals surface area (Å²) in [5.74, 6) is -0.374. The Morgan fingerprint density at radius 2 is 1.86 bits per heavy atom. The van der Waals surface area contributed by atoms with Crippen LogP contribution in [0.1, 0.15) is 28.1 Å². The normalized spacial score (nSPS) is 11.2. The fraction of sp³-hybridized carbons (Fsp3) is 0.167. The van der Waals surface area contributed by atoms with Crippen molar-refractivity contribution in [3.8, 4) is 11.8 Å². The molecule has 2 aromatic carbocycles. The highest BCUT2D eigenvalue weighted by Gasteiger charge is 2.14. The molecule has 0 aliphatic heterocycles. The summed E-state index contributed by atoms with van der Waals surface area (Å²) in [5.41, 5.74) is 6.15. The number of benzene rings is 2. The predicted molar refractivity (Wildman–Crippen MR) is 120 cm³/mol. The van der Waals surface area contributed by atoms with Gasteiger partial charge in [0, 0.05) is 28.1 Å². The molecule has 146 valence electrons. The standard InChI is InChI=1S/C24H22BrN3O/c1-16-11-22(9-10-23(16)25)28-17(2)12-20(18(28)3)13-21(14-26)24(29)27-15-19-7-5-4-6-8-19/h4-13H,15H2,1-3H3,(H,27,29)/b21-13-. The molecule has 0 aliphatic carbocycles. The molecule has 0 radical (unpaired) electrons. The fourth-order valence-corrected chi connectivity index (χ4v) is 3.52. The van der Waals surface area contributed by atoms with Crippen LogP contribution in [0.25, 0.3) is 11.8 Å². The zero-order valence-corrected chi connectivity index (χ0v) is 18.2. The van der Waals surface area contributed by atoms with Gasteiger partial charge in [-0.15, -0.1) is 0 Å². The summed E-state index contributed by atoms with van der Waals surface area (Å²) >= 11 is 3.53. The van der Waals surface area contributed by atoms with E-state index in [9.17, 15) is 10.1 Å². The summed E-state index contributed by atoms with van der Waals surface area (Å²) in [4.78, 5) is 12.5. The topological polar surface area (TPSA) is 57.8 Å². The predicted octanol–water partition coefficient (Wildman–Crippen LogP) is 5.39. The summed E-state index contributed by atoms with van der Waals surface area (Å²) in [6, 6.07) is 19.8. The van der Waals surface area contributed by atoms with Crippen molar-refractivity contribution in [2.45, 2.75) is 27.3 Å². The van der Waals surface area contributed by atoms with E-state index in [1.807, 2.05) is 75.4 Å². The lowest BCUT2D eigenvalue weighted by Gasteiger charge is -2.11. The molecule has 1 N–H and O–H groups in total. The minimum absolute atomic E-state index is 0.0909. The van der Waals surface area contributed by atoms with Crippen molar-refractivity contribution in [3.63, 3.8) is 0 Å². The molecule has 1 aromatic heterocycles. The maximum atomic E-state index is 12.5. The van der Waals surface area contributed by atoms with Crippen LogP contribution in [0.15, 0.2) is 64.6 Å². The average molecular weight is 448 g/mol. The maximum absolute atomic E-state index is 12.5. The Labute approximate surface area is 179 Å². The third-order valence-corrected chi connectivity index (χ3v) is 5.72. The van der Waals surface area contributed by atoms with Crippen LogP contribution in [0.5, 0.6) is 0 Å². The lowest BCUT2D eigenvalue weighted by Crippen LogP contribution is -2.23. The molecule has 0 unspecified atom stereocenters. The Hall–Kier alpha value is -3.10. The Kier molecular flexibility index (Phi) is 6.36. The summed E-state index contributed by atoms with van der Waals surface area (Å²) in [7, 11) is 0. The molecule has 0 saturated carbocycles. The number of hydrogen-bond donors (Lipinski definition) is 1. The van der Waals surface area contributed by atoms with Crippen LogP contribution in [-0.4, -0.2) is 10.5 Å². The van der Waals surface area contributed by atoms with Crippen molar-refractivity contribution in [2.75, 3.05) is 0 Å². The van der Waals surface area contributed by atoms with Crippen molar-refractivity contribution in [1.29, 1.82) is 5.26 Å². The zero-order chi connectivity index (χ0) is 21.0. The minimum atomic E-state index is -0.374. The molecule has 1 amide bonds. The lowest BCUT2D eigenvalue weighted by molar-refractivity contribution is -0.117. The van der Waals surface area contributed by atoms with Crippen LogP contribution in [0.2, 0.25) is 0 Å². The number of nitrogens with one attached hydrogen (secondary N) is 1. The highest BCUT2D eigenvalue weighted by molar-refractivity contribution is 9.10. The van der Waals surface area contributed by atoms with Gasteiger partial charge in [0.05, 0.1) is 0 Å². The second-order valence-corrected chi connectivity index (χ2v) is 7.79. The Bertz CT molecular complexity index is 1120. The van der Waals surface area contributed by atoms with Gasteiger partial charge in [-0.25, -0.2) is 0 Å². The molecule has 4 nitrogen and oxygen atoms in total. The van der Waals surface area contributed by atoms with Crippen molar-refractivity contribution < 1.29 is 4.79 Å². The summed E-state index contributed by atoms with van der Waals surface area (Å²) in [6.07, 6.45) is 1.66. The first-order chi connectivity index (χ1) is 13.9. The van der Waals surface area contributed by atoms with Gasteiger partial charge in [0.25, 0.3) is 5.91 Å². The molecular formula is C24H22BrN3O. The third-order valence-electron chi connectivity index (χ3n) is 4.83. The van der Waals surface area contributed by atoms with Crippen LogP contribution in [0.3, 0.4) is 0 Å². The first-order valence-electron chi connectivity index (χ1n) is 9.30. The maximum Gasteiger partial charge on any atom is 0.262 e. The van der Waals surface area contributed by atoms with Crippen LogP contribution in [0, 0.1) is 32.1 Å². The Morgan fingerprint density at radius 1 is 1.14 bits per heavy atom. The molecule has 0 saturated heterocycles. The van der Waals surface area contributed by atoms with Gasteiger partial charge >= 0.3 is 0 Å². The van der Waals surface area contributed by atoms with E-state index in [4.69, 9.17) is 0 Å². The molecule has 5 heteroatoms. The van der Waals surface area contributed by atoms with Gasteiger partial charge in [-0.05, 0) is 67.8 Å². The number of carbonyl (C=O) groups is 1. The highest BCUT2D eigenvalue weighted by atomic mass is 79.9. The van der Waals surface area contributed by atoms with E-state index >= 15 is 0 Å². The first kappa shape index (κ1) is 20.6. The number of halogens is 1. The fourth-order valence-electron chi connectivity index (χ4n) is 3.28. The summed E-state index contributed by atoms with van der Waals surface area (Å²) < 4.78 is 3.19. The minimum Gasteiger partial charge on any atom is -0.347 e. The van der Waals surface area contributed by atoms with E-state index in [-0.39, 0.29) is 11.5 Å². The van der Waals surface area contributed by atoms with Crippen LogP contribution < -0.4 is 5.32 Å². The number of nitrogens with zero attached hydrogens (tertiary/aromatic N) is 2. The van der Waals surface area contributed by atoms with E-state index in [0.29, 0.717) is 6.54 Å². The molecule has 0 aliphatic rings. The van der Waals surface area contributed by atoms with Crippen molar-refractivity contribution >= 4 is 27.9 Å². The first-order valence-corrected chi connectivity index (χ1v) is 10.1. The van der Waals surface area contributed by atoms with Gasteiger partial charge in [-0.1, -0.05) is 46.3 Å². The van der Waals surface area contributed by atoms with Gasteiger partial charge in [-0.2, -0.15) is 5.26 Å². The smallest absolute Gasteiger partial charge is 0.262 e. The van der Waals surface area contributed by atoms with Crippen LogP contribution in [0.4, 0.5) is 0 Å². The number of rotatable bonds is 5. The number of aromatic nitrogens is 1. The lowest BCUT2D eigenvalue weighted by atomic mass is 10.1. The quantitative estimate of drug-likeness (QED) is 0.421. The van der Waals surface area contributed by atoms with E-state index < -0.39 is 0 Å². The van der Waals surface area contributed by atoms with Gasteiger partial charge in [0.15, 0.2) is 0 Å². The van der Waals surface area contributed by atoms with E-state index in [1.54, 1.807) is 6.08 Å². The monoisotopic (exact) mass is 447 g/mol. The molecule has 1 heterocycles. The van der Waals surface area contributed by atoms with Gasteiger partial charge in [-0.3, -0.25) is 4.79 Å². The molecule has 0 fully saturated rings. The van der Waals surface area contributed by atoms with Gasteiger partial charge < -0.3 is 9.88 Å². The number of amides is 1. The summed E-state index contributed by atoms with van der Waals surface area (Å²) in [6.45, 7) is 6.44. The second kappa shape index (κ2) is 8.93. The SMILES string of the molecule is Cc1cc(-n2c(C)cc(/C=C(/C#N)C(=O)NCc3ccccc3)c2C)ccc1Br. The number of hydrogen-bond acceptors (Lipinski definition) is 2. The number of carbonyl (C=O) groups excluding carboxylic acids is 1. The average Bonchev–Trinajstić information content (AvgIpc) is 3.00. The van der Waals surface area contributed by atoms with Crippen molar-refractivity contribution in [2.24, 2.45) is 0 Å². The third kappa shape index (κ3) is 4.67.